The van der Waals surface area contributed by atoms with E-state index in [1.165, 1.54) is 58.0 Å². The second kappa shape index (κ2) is 5.31. The van der Waals surface area contributed by atoms with E-state index in [1.807, 2.05) is 0 Å². The molecule has 2 heterocycles. The normalized spacial score (nSPS) is 35.6. The van der Waals surface area contributed by atoms with Crippen molar-refractivity contribution in [2.24, 2.45) is 0 Å². The molecule has 0 spiro atoms. The van der Waals surface area contributed by atoms with Crippen molar-refractivity contribution < 1.29 is 0 Å². The number of piperidine rings is 2. The maximum atomic E-state index is 2.70. The summed E-state index contributed by atoms with van der Waals surface area (Å²) in [6, 6.07) is 1.62. The first-order valence-electron chi connectivity index (χ1n) is 6.86. The summed E-state index contributed by atoms with van der Waals surface area (Å²) < 4.78 is 0. The highest BCUT2D eigenvalue weighted by Gasteiger charge is 2.30. The van der Waals surface area contributed by atoms with Gasteiger partial charge in [0.25, 0.3) is 0 Å². The maximum Gasteiger partial charge on any atom is 0.0243 e. The van der Waals surface area contributed by atoms with Gasteiger partial charge in [-0.15, -0.1) is 0 Å². The van der Waals surface area contributed by atoms with E-state index in [1.54, 1.807) is 0 Å². The molecule has 2 aliphatic rings. The third-order valence-electron chi connectivity index (χ3n) is 4.17. The van der Waals surface area contributed by atoms with Crippen LogP contribution in [0.3, 0.4) is 0 Å². The van der Waals surface area contributed by atoms with Gasteiger partial charge in [-0.05, 0) is 39.0 Å². The molecule has 0 aromatic carbocycles. The summed E-state index contributed by atoms with van der Waals surface area (Å²) in [4.78, 5) is 0. The summed E-state index contributed by atoms with van der Waals surface area (Å²) in [6.45, 7) is 7.36. The molecule has 2 rings (SSSR count). The molecule has 0 bridgehead atoms. The molecule has 2 atom stereocenters. The fraction of sp³-hybridized carbons (Fsp3) is 1.00. The molecule has 15 heavy (non-hydrogen) atoms. The van der Waals surface area contributed by atoms with Crippen molar-refractivity contribution in [1.82, 2.24) is 10.0 Å². The minimum absolute atomic E-state index is 0.783. The number of hydrazine groups is 1. The van der Waals surface area contributed by atoms with Gasteiger partial charge in [-0.3, -0.25) is 0 Å². The number of nitrogens with zero attached hydrogens (tertiary/aromatic N) is 2. The van der Waals surface area contributed by atoms with Crippen molar-refractivity contribution in [2.45, 2.75) is 70.9 Å². The Morgan fingerprint density at radius 1 is 0.933 bits per heavy atom. The maximum absolute atomic E-state index is 2.70. The van der Waals surface area contributed by atoms with Gasteiger partial charge in [-0.2, -0.15) is 0 Å². The van der Waals surface area contributed by atoms with Crippen LogP contribution in [0.15, 0.2) is 0 Å². The summed E-state index contributed by atoms with van der Waals surface area (Å²) in [5.74, 6) is 0. The van der Waals surface area contributed by atoms with E-state index in [0.29, 0.717) is 0 Å². The van der Waals surface area contributed by atoms with Crippen LogP contribution >= 0.6 is 0 Å². The molecule has 88 valence electrons. The first-order chi connectivity index (χ1) is 7.33. The van der Waals surface area contributed by atoms with Crippen LogP contribution in [0.1, 0.15) is 58.8 Å². The van der Waals surface area contributed by atoms with Crippen LogP contribution in [-0.4, -0.2) is 35.2 Å². The van der Waals surface area contributed by atoms with Gasteiger partial charge in [0.1, 0.15) is 0 Å². The van der Waals surface area contributed by atoms with Crippen molar-refractivity contribution in [2.75, 3.05) is 13.1 Å². The van der Waals surface area contributed by atoms with Crippen molar-refractivity contribution in [3.63, 3.8) is 0 Å². The largest absolute Gasteiger partial charge is 0.239 e. The van der Waals surface area contributed by atoms with Gasteiger partial charge in [-0.1, -0.05) is 19.8 Å². The Labute approximate surface area is 94.6 Å². The monoisotopic (exact) mass is 210 g/mol. The Balaban J connectivity index is 1.99. The Morgan fingerprint density at radius 3 is 2.27 bits per heavy atom. The van der Waals surface area contributed by atoms with Gasteiger partial charge in [0, 0.05) is 25.2 Å². The fourth-order valence-corrected chi connectivity index (χ4v) is 3.20. The molecule has 2 aliphatic heterocycles. The zero-order chi connectivity index (χ0) is 10.7. The molecule has 2 saturated heterocycles. The molecule has 2 fully saturated rings. The zero-order valence-corrected chi connectivity index (χ0v) is 10.4. The van der Waals surface area contributed by atoms with Gasteiger partial charge >= 0.3 is 0 Å². The molecule has 0 N–H and O–H groups in total. The second-order valence-corrected chi connectivity index (χ2v) is 5.23. The molecular formula is C13H26N2. The molecule has 2 nitrogen and oxygen atoms in total. The van der Waals surface area contributed by atoms with E-state index in [2.05, 4.69) is 23.9 Å². The quantitative estimate of drug-likeness (QED) is 0.691. The Bertz CT molecular complexity index is 193. The van der Waals surface area contributed by atoms with Crippen LogP contribution < -0.4 is 0 Å². The highest BCUT2D eigenvalue weighted by atomic mass is 15.6. The van der Waals surface area contributed by atoms with Crippen molar-refractivity contribution in [1.29, 1.82) is 0 Å². The predicted octanol–water partition coefficient (Wildman–Crippen LogP) is 3.04. The molecule has 0 aromatic heterocycles. The number of hydrogen-bond acceptors (Lipinski definition) is 2. The highest BCUT2D eigenvalue weighted by Crippen LogP contribution is 2.26. The van der Waals surface area contributed by atoms with Crippen LogP contribution in [0.4, 0.5) is 0 Å². The van der Waals surface area contributed by atoms with E-state index >= 15 is 0 Å². The standard InChI is InChI=1S/C13H26N2/c1-3-13-9-5-7-11-15(13)14-10-6-4-8-12(14)2/h12-13H,3-11H2,1-2H3. The average molecular weight is 210 g/mol. The first kappa shape index (κ1) is 11.4. The molecule has 2 heteroatoms. The van der Waals surface area contributed by atoms with Gasteiger partial charge in [0.05, 0.1) is 0 Å². The highest BCUT2D eigenvalue weighted by molar-refractivity contribution is 4.79. The topological polar surface area (TPSA) is 6.48 Å². The van der Waals surface area contributed by atoms with Gasteiger partial charge in [0.15, 0.2) is 0 Å². The van der Waals surface area contributed by atoms with Gasteiger partial charge in [0.2, 0.25) is 0 Å². The molecule has 2 unspecified atom stereocenters. The van der Waals surface area contributed by atoms with Crippen molar-refractivity contribution >= 4 is 0 Å². The summed E-state index contributed by atoms with van der Waals surface area (Å²) in [6.07, 6.45) is 9.81. The minimum atomic E-state index is 0.783. The zero-order valence-electron chi connectivity index (χ0n) is 10.4. The summed E-state index contributed by atoms with van der Waals surface area (Å²) in [7, 11) is 0. The lowest BCUT2D eigenvalue weighted by Crippen LogP contribution is -2.55. The van der Waals surface area contributed by atoms with Crippen LogP contribution in [-0.2, 0) is 0 Å². The minimum Gasteiger partial charge on any atom is -0.239 e. The second-order valence-electron chi connectivity index (χ2n) is 5.23. The number of hydrogen-bond donors (Lipinski definition) is 0. The third-order valence-corrected chi connectivity index (χ3v) is 4.17. The van der Waals surface area contributed by atoms with Crippen LogP contribution in [0.5, 0.6) is 0 Å². The van der Waals surface area contributed by atoms with Crippen molar-refractivity contribution in [3.8, 4) is 0 Å². The Kier molecular flexibility index (Phi) is 4.04. The lowest BCUT2D eigenvalue weighted by molar-refractivity contribution is -0.116. The summed E-state index contributed by atoms with van der Waals surface area (Å²) in [5, 5.41) is 5.38. The van der Waals surface area contributed by atoms with Crippen LogP contribution in [0, 0.1) is 0 Å². The predicted molar refractivity (Wildman–Crippen MR) is 64.7 cm³/mol. The van der Waals surface area contributed by atoms with Crippen molar-refractivity contribution in [3.05, 3.63) is 0 Å². The first-order valence-corrected chi connectivity index (χ1v) is 6.86. The van der Waals surface area contributed by atoms with E-state index in [0.717, 1.165) is 12.1 Å². The fourth-order valence-electron chi connectivity index (χ4n) is 3.20. The van der Waals surface area contributed by atoms with Crippen LogP contribution in [0.25, 0.3) is 0 Å². The van der Waals surface area contributed by atoms with E-state index in [-0.39, 0.29) is 0 Å². The van der Waals surface area contributed by atoms with Gasteiger partial charge in [-0.25, -0.2) is 10.0 Å². The Morgan fingerprint density at radius 2 is 1.60 bits per heavy atom. The molecule has 0 aliphatic carbocycles. The van der Waals surface area contributed by atoms with E-state index < -0.39 is 0 Å². The molecule has 0 aromatic rings. The molecular weight excluding hydrogens is 184 g/mol. The lowest BCUT2D eigenvalue weighted by atomic mass is 10.00. The number of rotatable bonds is 2. The van der Waals surface area contributed by atoms with Gasteiger partial charge < -0.3 is 0 Å². The molecule has 0 amide bonds. The SMILES string of the molecule is CCC1CCCCN1N1CCCCC1C. The lowest BCUT2D eigenvalue weighted by Gasteiger charge is -2.47. The third kappa shape index (κ3) is 2.54. The molecule has 0 saturated carbocycles. The average Bonchev–Trinajstić information content (AvgIpc) is 2.30. The molecule has 0 radical (unpaired) electrons. The van der Waals surface area contributed by atoms with E-state index in [4.69, 9.17) is 0 Å². The summed E-state index contributed by atoms with van der Waals surface area (Å²) in [5.41, 5.74) is 0. The Hall–Kier alpha value is -0.0800. The summed E-state index contributed by atoms with van der Waals surface area (Å²) >= 11 is 0. The van der Waals surface area contributed by atoms with Crippen LogP contribution in [0.2, 0.25) is 0 Å². The van der Waals surface area contributed by atoms with E-state index in [9.17, 15) is 0 Å². The smallest absolute Gasteiger partial charge is 0.0243 e.